The molecule has 0 aliphatic carbocycles. The van der Waals surface area contributed by atoms with Gasteiger partial charge in [-0.3, -0.25) is 0 Å². The molecule has 1 atom stereocenters. The van der Waals surface area contributed by atoms with E-state index in [1.165, 1.54) is 18.1 Å². The zero-order valence-corrected chi connectivity index (χ0v) is 14.6. The molecular weight excluding hydrogens is 353 g/mol. The average molecular weight is 372 g/mol. The van der Waals surface area contributed by atoms with Crippen molar-refractivity contribution in [3.63, 3.8) is 0 Å². The minimum absolute atomic E-state index is 0.148. The molecule has 0 fully saturated rings. The number of rotatable bonds is 7. The van der Waals surface area contributed by atoms with Crippen molar-refractivity contribution in [2.75, 3.05) is 13.7 Å². The van der Waals surface area contributed by atoms with Crippen molar-refractivity contribution >= 4 is 27.3 Å². The van der Waals surface area contributed by atoms with Crippen molar-refractivity contribution < 1.29 is 9.13 Å². The van der Waals surface area contributed by atoms with Crippen LogP contribution in [-0.2, 0) is 6.42 Å². The number of benzene rings is 1. The Morgan fingerprint density at radius 1 is 1.38 bits per heavy atom. The Morgan fingerprint density at radius 2 is 2.19 bits per heavy atom. The first kappa shape index (κ1) is 16.5. The maximum Gasteiger partial charge on any atom is 0.165 e. The van der Waals surface area contributed by atoms with Crippen LogP contribution in [-0.4, -0.2) is 13.7 Å². The normalized spacial score (nSPS) is 12.4. The summed E-state index contributed by atoms with van der Waals surface area (Å²) in [5, 5.41) is 5.60. The van der Waals surface area contributed by atoms with Gasteiger partial charge in [-0.15, -0.1) is 11.3 Å². The number of nitrogens with one attached hydrogen (secondary N) is 1. The number of methoxy groups -OCH3 is 1. The lowest BCUT2D eigenvalue weighted by Gasteiger charge is -2.19. The van der Waals surface area contributed by atoms with E-state index in [0.717, 1.165) is 29.4 Å². The van der Waals surface area contributed by atoms with Crippen LogP contribution in [0.25, 0.3) is 0 Å². The molecule has 0 amide bonds. The Hall–Kier alpha value is -0.910. The number of hydrogen-bond donors (Lipinski definition) is 1. The quantitative estimate of drug-likeness (QED) is 0.743. The fraction of sp³-hybridized carbons (Fsp3) is 0.375. The molecule has 1 aromatic carbocycles. The van der Waals surface area contributed by atoms with E-state index < -0.39 is 0 Å². The fourth-order valence-corrected chi connectivity index (χ4v) is 3.74. The smallest absolute Gasteiger partial charge is 0.165 e. The van der Waals surface area contributed by atoms with Gasteiger partial charge in [0.2, 0.25) is 0 Å². The summed E-state index contributed by atoms with van der Waals surface area (Å²) in [6, 6.07) is 7.28. The van der Waals surface area contributed by atoms with Crippen molar-refractivity contribution in [1.82, 2.24) is 5.32 Å². The van der Waals surface area contributed by atoms with E-state index in [-0.39, 0.29) is 11.9 Å². The summed E-state index contributed by atoms with van der Waals surface area (Å²) >= 11 is 5.30. The molecule has 21 heavy (non-hydrogen) atoms. The van der Waals surface area contributed by atoms with E-state index in [4.69, 9.17) is 4.74 Å². The van der Waals surface area contributed by atoms with E-state index >= 15 is 0 Å². The predicted molar refractivity (Wildman–Crippen MR) is 89.7 cm³/mol. The van der Waals surface area contributed by atoms with Gasteiger partial charge in [0.05, 0.1) is 7.11 Å². The average Bonchev–Trinajstić information content (AvgIpc) is 2.89. The van der Waals surface area contributed by atoms with Gasteiger partial charge in [0.15, 0.2) is 11.6 Å². The molecule has 1 unspecified atom stereocenters. The van der Waals surface area contributed by atoms with Gasteiger partial charge in [-0.25, -0.2) is 4.39 Å². The Morgan fingerprint density at radius 3 is 2.81 bits per heavy atom. The van der Waals surface area contributed by atoms with Crippen LogP contribution in [0.3, 0.4) is 0 Å². The highest BCUT2D eigenvalue weighted by Crippen LogP contribution is 2.30. The van der Waals surface area contributed by atoms with Gasteiger partial charge in [0.1, 0.15) is 0 Å². The topological polar surface area (TPSA) is 21.3 Å². The molecule has 0 saturated carbocycles. The summed E-state index contributed by atoms with van der Waals surface area (Å²) in [7, 11) is 1.49. The van der Waals surface area contributed by atoms with Crippen LogP contribution in [0.5, 0.6) is 5.75 Å². The van der Waals surface area contributed by atoms with Crippen LogP contribution < -0.4 is 10.1 Å². The molecule has 0 spiro atoms. The van der Waals surface area contributed by atoms with Gasteiger partial charge >= 0.3 is 0 Å². The summed E-state index contributed by atoms with van der Waals surface area (Å²) in [6.07, 6.45) is 1.92. The van der Waals surface area contributed by atoms with E-state index in [1.807, 2.05) is 6.07 Å². The van der Waals surface area contributed by atoms with Crippen LogP contribution in [0.4, 0.5) is 4.39 Å². The third kappa shape index (κ3) is 4.28. The second kappa shape index (κ2) is 7.92. The fourth-order valence-electron chi connectivity index (χ4n) is 2.18. The van der Waals surface area contributed by atoms with Gasteiger partial charge in [-0.05, 0) is 58.0 Å². The Labute approximate surface area is 137 Å². The van der Waals surface area contributed by atoms with Crippen molar-refractivity contribution in [3.8, 4) is 5.75 Å². The molecule has 2 rings (SSSR count). The lowest BCUT2D eigenvalue weighted by molar-refractivity contribution is 0.384. The number of halogens is 2. The van der Waals surface area contributed by atoms with Gasteiger partial charge in [-0.2, -0.15) is 0 Å². The molecule has 0 radical (unpaired) electrons. The molecule has 1 heterocycles. The van der Waals surface area contributed by atoms with Gasteiger partial charge in [0, 0.05) is 21.8 Å². The third-order valence-electron chi connectivity index (χ3n) is 3.30. The molecule has 0 aliphatic rings. The standard InChI is InChI=1S/C16H19BrFNOS/c1-3-7-19-14(10-16-12(17)6-8-21-16)11-4-5-13(18)15(9-11)20-2/h4-6,8-9,14,19H,3,7,10H2,1-2H3. The SMILES string of the molecule is CCCNC(Cc1sccc1Br)c1ccc(F)c(OC)c1. The number of hydrogen-bond acceptors (Lipinski definition) is 3. The van der Waals surface area contributed by atoms with Gasteiger partial charge < -0.3 is 10.1 Å². The maximum absolute atomic E-state index is 13.6. The summed E-state index contributed by atoms with van der Waals surface area (Å²) in [6.45, 7) is 3.06. The van der Waals surface area contributed by atoms with Crippen LogP contribution in [0.1, 0.15) is 29.8 Å². The van der Waals surface area contributed by atoms with Crippen molar-refractivity contribution in [1.29, 1.82) is 0 Å². The van der Waals surface area contributed by atoms with Gasteiger partial charge in [0.25, 0.3) is 0 Å². The number of ether oxygens (including phenoxy) is 1. The zero-order chi connectivity index (χ0) is 15.2. The van der Waals surface area contributed by atoms with Crippen molar-refractivity contribution in [3.05, 3.63) is 50.4 Å². The third-order valence-corrected chi connectivity index (χ3v) is 5.25. The van der Waals surface area contributed by atoms with Crippen molar-refractivity contribution in [2.45, 2.75) is 25.8 Å². The van der Waals surface area contributed by atoms with E-state index in [9.17, 15) is 4.39 Å². The molecule has 114 valence electrons. The van der Waals surface area contributed by atoms with E-state index in [2.05, 4.69) is 39.6 Å². The minimum atomic E-state index is -0.326. The highest BCUT2D eigenvalue weighted by atomic mass is 79.9. The lowest BCUT2D eigenvalue weighted by Crippen LogP contribution is -2.24. The Kier molecular flexibility index (Phi) is 6.21. The van der Waals surface area contributed by atoms with Crippen LogP contribution >= 0.6 is 27.3 Å². The lowest BCUT2D eigenvalue weighted by atomic mass is 10.0. The monoisotopic (exact) mass is 371 g/mol. The molecule has 2 aromatic rings. The molecule has 0 saturated heterocycles. The van der Waals surface area contributed by atoms with E-state index in [0.29, 0.717) is 5.75 Å². The minimum Gasteiger partial charge on any atom is -0.494 e. The molecule has 0 aliphatic heterocycles. The second-order valence-corrected chi connectivity index (χ2v) is 6.65. The molecule has 1 N–H and O–H groups in total. The summed E-state index contributed by atoms with van der Waals surface area (Å²) in [5.41, 5.74) is 1.04. The van der Waals surface area contributed by atoms with Crippen LogP contribution in [0, 0.1) is 5.82 Å². The zero-order valence-electron chi connectivity index (χ0n) is 12.2. The summed E-state index contributed by atoms with van der Waals surface area (Å²) in [4.78, 5) is 1.28. The van der Waals surface area contributed by atoms with Crippen molar-refractivity contribution in [2.24, 2.45) is 0 Å². The van der Waals surface area contributed by atoms with Crippen LogP contribution in [0.2, 0.25) is 0 Å². The first-order chi connectivity index (χ1) is 10.2. The Bertz CT molecular complexity index is 587. The van der Waals surface area contributed by atoms with Crippen LogP contribution in [0.15, 0.2) is 34.1 Å². The molecule has 5 heteroatoms. The highest BCUT2D eigenvalue weighted by Gasteiger charge is 2.16. The number of thiophene rings is 1. The second-order valence-electron chi connectivity index (χ2n) is 4.80. The first-order valence-electron chi connectivity index (χ1n) is 6.94. The molecule has 1 aromatic heterocycles. The van der Waals surface area contributed by atoms with E-state index in [1.54, 1.807) is 17.4 Å². The Balaban J connectivity index is 2.24. The largest absolute Gasteiger partial charge is 0.494 e. The summed E-state index contributed by atoms with van der Waals surface area (Å²) in [5.74, 6) is -0.0335. The predicted octanol–water partition coefficient (Wildman–Crippen LogP) is 4.94. The molecule has 0 bridgehead atoms. The van der Waals surface area contributed by atoms with Gasteiger partial charge in [-0.1, -0.05) is 13.0 Å². The molecular formula is C16H19BrFNOS. The highest BCUT2D eigenvalue weighted by molar-refractivity contribution is 9.10. The summed E-state index contributed by atoms with van der Waals surface area (Å²) < 4.78 is 19.8. The first-order valence-corrected chi connectivity index (χ1v) is 8.61. The molecule has 2 nitrogen and oxygen atoms in total. The maximum atomic E-state index is 13.6.